The van der Waals surface area contributed by atoms with Crippen molar-refractivity contribution >= 4 is 23.4 Å². The molecule has 4 rings (SSSR count). The fourth-order valence-electron chi connectivity index (χ4n) is 3.77. The molecule has 0 aliphatic heterocycles. The van der Waals surface area contributed by atoms with Crippen molar-refractivity contribution in [1.29, 1.82) is 0 Å². The van der Waals surface area contributed by atoms with Crippen molar-refractivity contribution in [2.45, 2.75) is 50.7 Å². The average molecular weight is 437 g/mol. The highest BCUT2D eigenvalue weighted by molar-refractivity contribution is 7.99. The minimum atomic E-state index is -0.0645. The first-order valence-electron chi connectivity index (χ1n) is 10.7. The van der Waals surface area contributed by atoms with Gasteiger partial charge < -0.3 is 14.6 Å². The highest BCUT2D eigenvalue weighted by Gasteiger charge is 2.43. The zero-order valence-corrected chi connectivity index (χ0v) is 19.0. The maximum Gasteiger partial charge on any atom is 0.234 e. The van der Waals surface area contributed by atoms with Gasteiger partial charge in [0, 0.05) is 18.2 Å². The molecule has 3 aromatic rings. The van der Waals surface area contributed by atoms with Crippen molar-refractivity contribution in [3.63, 3.8) is 0 Å². The Morgan fingerprint density at radius 2 is 1.84 bits per heavy atom. The minimum Gasteiger partial charge on any atom is -0.494 e. The number of nitrogens with zero attached hydrogens (tertiary/aromatic N) is 3. The molecular weight excluding hydrogens is 408 g/mol. The number of rotatable bonds is 9. The Labute approximate surface area is 187 Å². The number of carbonyl (C=O) groups is 1. The number of aryl methyl sites for hydroxylation is 1. The lowest BCUT2D eigenvalue weighted by atomic mass is 10.1. The molecule has 2 atom stereocenters. The van der Waals surface area contributed by atoms with Gasteiger partial charge in [0.15, 0.2) is 5.16 Å². The van der Waals surface area contributed by atoms with E-state index in [1.807, 2.05) is 31.2 Å². The molecule has 1 N–H and O–H groups in total. The van der Waals surface area contributed by atoms with Gasteiger partial charge in [-0.1, -0.05) is 41.6 Å². The van der Waals surface area contributed by atoms with Crippen LogP contribution in [-0.4, -0.2) is 33.0 Å². The van der Waals surface area contributed by atoms with Crippen LogP contribution in [0.3, 0.4) is 0 Å². The van der Waals surface area contributed by atoms with Gasteiger partial charge in [0.05, 0.1) is 12.4 Å². The topological polar surface area (TPSA) is 69.0 Å². The van der Waals surface area contributed by atoms with Gasteiger partial charge in [0.1, 0.15) is 11.6 Å². The molecule has 1 aliphatic rings. The summed E-state index contributed by atoms with van der Waals surface area (Å²) in [5, 5.41) is 12.6. The van der Waals surface area contributed by atoms with E-state index < -0.39 is 0 Å². The number of benzene rings is 2. The summed E-state index contributed by atoms with van der Waals surface area (Å²) in [6.07, 6.45) is 1.10. The molecule has 1 aliphatic carbocycles. The molecule has 0 unspecified atom stereocenters. The van der Waals surface area contributed by atoms with Gasteiger partial charge in [-0.15, -0.1) is 10.2 Å². The number of thioether (sulfide) groups is 1. The molecule has 0 spiro atoms. The van der Waals surface area contributed by atoms with Gasteiger partial charge in [0.2, 0.25) is 5.91 Å². The molecule has 0 bridgehead atoms. The van der Waals surface area contributed by atoms with Crippen molar-refractivity contribution in [3.05, 3.63) is 65.5 Å². The molecule has 1 heterocycles. The second kappa shape index (κ2) is 9.56. The Morgan fingerprint density at radius 1 is 1.10 bits per heavy atom. The van der Waals surface area contributed by atoms with Crippen molar-refractivity contribution in [1.82, 2.24) is 14.8 Å². The average Bonchev–Trinajstić information content (AvgIpc) is 3.46. The van der Waals surface area contributed by atoms with Crippen LogP contribution >= 0.6 is 11.8 Å². The Balaban J connectivity index is 1.35. The molecule has 1 fully saturated rings. The Kier molecular flexibility index (Phi) is 6.61. The molecule has 7 heteroatoms. The van der Waals surface area contributed by atoms with Gasteiger partial charge in [-0.2, -0.15) is 0 Å². The largest absolute Gasteiger partial charge is 0.494 e. The summed E-state index contributed by atoms with van der Waals surface area (Å²) < 4.78 is 7.58. The number of hydrogen-bond donors (Lipinski definition) is 1. The number of aromatic nitrogens is 3. The summed E-state index contributed by atoms with van der Waals surface area (Å²) in [6, 6.07) is 16.2. The molecule has 0 saturated heterocycles. The summed E-state index contributed by atoms with van der Waals surface area (Å²) >= 11 is 1.43. The Morgan fingerprint density at radius 3 is 2.52 bits per heavy atom. The van der Waals surface area contributed by atoms with E-state index in [1.165, 1.54) is 22.9 Å². The van der Waals surface area contributed by atoms with Crippen LogP contribution in [0.2, 0.25) is 0 Å². The van der Waals surface area contributed by atoms with Gasteiger partial charge in [0.25, 0.3) is 0 Å². The second-order valence-electron chi connectivity index (χ2n) is 7.74. The third-order valence-electron chi connectivity index (χ3n) is 5.47. The van der Waals surface area contributed by atoms with Gasteiger partial charge in [-0.25, -0.2) is 0 Å². The standard InChI is InChI=1S/C24H28N4O2S/c1-4-28-23(21-14-20(21)17-8-6-16(3)7-9-17)26-27-24(28)31-15-22(29)25-18-10-12-19(13-11-18)30-5-2/h6-13,20-21H,4-5,14-15H2,1-3H3,(H,25,29)/t20-,21+/m1/s1. The van der Waals surface area contributed by atoms with E-state index in [0.717, 1.165) is 35.4 Å². The van der Waals surface area contributed by atoms with E-state index in [1.54, 1.807) is 0 Å². The monoisotopic (exact) mass is 436 g/mol. The van der Waals surface area contributed by atoms with E-state index in [0.29, 0.717) is 18.4 Å². The number of amides is 1. The van der Waals surface area contributed by atoms with Crippen LogP contribution in [0.1, 0.15) is 49.1 Å². The summed E-state index contributed by atoms with van der Waals surface area (Å²) in [4.78, 5) is 12.4. The van der Waals surface area contributed by atoms with E-state index in [-0.39, 0.29) is 11.7 Å². The normalized spacial score (nSPS) is 17.4. The van der Waals surface area contributed by atoms with Crippen LogP contribution in [0.4, 0.5) is 5.69 Å². The van der Waals surface area contributed by atoms with Gasteiger partial charge in [-0.05, 0) is 62.9 Å². The smallest absolute Gasteiger partial charge is 0.234 e. The third kappa shape index (κ3) is 5.10. The van der Waals surface area contributed by atoms with Crippen molar-refractivity contribution in [3.8, 4) is 5.75 Å². The van der Waals surface area contributed by atoms with Crippen molar-refractivity contribution < 1.29 is 9.53 Å². The first-order valence-corrected chi connectivity index (χ1v) is 11.7. The number of anilines is 1. The summed E-state index contributed by atoms with van der Waals surface area (Å²) in [6.45, 7) is 7.56. The molecular formula is C24H28N4O2S. The zero-order valence-electron chi connectivity index (χ0n) is 18.2. The van der Waals surface area contributed by atoms with Gasteiger partial charge >= 0.3 is 0 Å². The van der Waals surface area contributed by atoms with Crippen molar-refractivity contribution in [2.75, 3.05) is 17.7 Å². The van der Waals surface area contributed by atoms with Crippen molar-refractivity contribution in [2.24, 2.45) is 0 Å². The predicted molar refractivity (Wildman–Crippen MR) is 124 cm³/mol. The lowest BCUT2D eigenvalue weighted by molar-refractivity contribution is -0.113. The van der Waals surface area contributed by atoms with Crippen LogP contribution < -0.4 is 10.1 Å². The highest BCUT2D eigenvalue weighted by Crippen LogP contribution is 2.54. The summed E-state index contributed by atoms with van der Waals surface area (Å²) in [5.41, 5.74) is 3.40. The molecule has 6 nitrogen and oxygen atoms in total. The maximum absolute atomic E-state index is 12.4. The predicted octanol–water partition coefficient (Wildman–Crippen LogP) is 5.01. The SMILES string of the molecule is CCOc1ccc(NC(=O)CSc2nnc([C@H]3C[C@@H]3c3ccc(C)cc3)n2CC)cc1. The number of carbonyl (C=O) groups excluding carboxylic acids is 1. The van der Waals surface area contributed by atoms with E-state index in [4.69, 9.17) is 4.74 Å². The van der Waals surface area contributed by atoms with Crippen LogP contribution in [0, 0.1) is 6.92 Å². The summed E-state index contributed by atoms with van der Waals surface area (Å²) in [5.74, 6) is 2.96. The minimum absolute atomic E-state index is 0.0645. The molecule has 31 heavy (non-hydrogen) atoms. The molecule has 1 aromatic heterocycles. The lowest BCUT2D eigenvalue weighted by Gasteiger charge is -2.08. The van der Waals surface area contributed by atoms with E-state index in [2.05, 4.69) is 58.2 Å². The van der Waals surface area contributed by atoms with Crippen LogP contribution in [0.15, 0.2) is 53.7 Å². The van der Waals surface area contributed by atoms with Crippen LogP contribution in [-0.2, 0) is 11.3 Å². The number of hydrogen-bond acceptors (Lipinski definition) is 5. The fraction of sp³-hybridized carbons (Fsp3) is 0.375. The lowest BCUT2D eigenvalue weighted by Crippen LogP contribution is -2.14. The first-order chi connectivity index (χ1) is 15.1. The van der Waals surface area contributed by atoms with E-state index >= 15 is 0 Å². The van der Waals surface area contributed by atoms with Crippen LogP contribution in [0.25, 0.3) is 0 Å². The molecule has 2 aromatic carbocycles. The van der Waals surface area contributed by atoms with Gasteiger partial charge in [-0.3, -0.25) is 4.79 Å². The van der Waals surface area contributed by atoms with Crippen LogP contribution in [0.5, 0.6) is 5.75 Å². The molecule has 1 amide bonds. The quantitative estimate of drug-likeness (QED) is 0.478. The number of nitrogens with one attached hydrogen (secondary N) is 1. The Hall–Kier alpha value is -2.80. The summed E-state index contributed by atoms with van der Waals surface area (Å²) in [7, 11) is 0. The fourth-order valence-corrected chi connectivity index (χ4v) is 4.58. The molecule has 0 radical (unpaired) electrons. The zero-order chi connectivity index (χ0) is 21.8. The molecule has 1 saturated carbocycles. The Bertz CT molecular complexity index is 1030. The highest BCUT2D eigenvalue weighted by atomic mass is 32.2. The molecule has 162 valence electrons. The third-order valence-corrected chi connectivity index (χ3v) is 6.44. The van der Waals surface area contributed by atoms with E-state index in [9.17, 15) is 4.79 Å². The number of ether oxygens (including phenoxy) is 1. The first kappa shape index (κ1) is 21.4. The second-order valence-corrected chi connectivity index (χ2v) is 8.68. The maximum atomic E-state index is 12.4.